The maximum absolute atomic E-state index is 14.3. The van der Waals surface area contributed by atoms with Crippen LogP contribution in [0.5, 0.6) is 11.5 Å². The summed E-state index contributed by atoms with van der Waals surface area (Å²) in [6, 6.07) is 42.9. The lowest BCUT2D eigenvalue weighted by Gasteiger charge is -2.38. The molecule has 10 rings (SSSR count). The number of aromatic nitrogens is 2. The van der Waals surface area contributed by atoms with Crippen LogP contribution in [0.3, 0.4) is 0 Å². The van der Waals surface area contributed by atoms with Crippen molar-refractivity contribution in [3.05, 3.63) is 200 Å². The van der Waals surface area contributed by atoms with Crippen molar-refractivity contribution in [1.29, 1.82) is 0 Å². The van der Waals surface area contributed by atoms with E-state index in [2.05, 4.69) is 17.1 Å². The normalized spacial score (nSPS) is 15.4. The number of halogens is 2. The van der Waals surface area contributed by atoms with Crippen LogP contribution >= 0.6 is 23.2 Å². The third-order valence-corrected chi connectivity index (χ3v) is 13.7. The number of benzene rings is 6. The minimum absolute atomic E-state index is 0.0309. The molecule has 0 saturated heterocycles. The number of nitrogens with zero attached hydrogens (tertiary/aromatic N) is 3. The Labute approximate surface area is 409 Å². The predicted molar refractivity (Wildman–Crippen MR) is 266 cm³/mol. The van der Waals surface area contributed by atoms with Crippen LogP contribution in [0.15, 0.2) is 146 Å². The van der Waals surface area contributed by atoms with Gasteiger partial charge in [-0.05, 0) is 114 Å². The highest BCUT2D eigenvalue weighted by molar-refractivity contribution is 6.31. The molecule has 0 spiro atoms. The molecule has 13 heteroatoms. The summed E-state index contributed by atoms with van der Waals surface area (Å²) in [5.41, 5.74) is 9.35. The number of rotatable bonds is 13. The van der Waals surface area contributed by atoms with E-state index >= 15 is 0 Å². The number of para-hydroxylation sites is 2. The summed E-state index contributed by atoms with van der Waals surface area (Å²) in [4.78, 5) is 62.3. The van der Waals surface area contributed by atoms with Crippen molar-refractivity contribution in [2.75, 3.05) is 26.3 Å². The van der Waals surface area contributed by atoms with Gasteiger partial charge in [0, 0.05) is 69.0 Å². The number of hydrogen-bond acceptors (Lipinski definition) is 7. The van der Waals surface area contributed by atoms with Gasteiger partial charge in [-0.1, -0.05) is 108 Å². The van der Waals surface area contributed by atoms with Crippen molar-refractivity contribution in [1.82, 2.24) is 19.4 Å². The summed E-state index contributed by atoms with van der Waals surface area (Å²) >= 11 is 13.3. The molecule has 4 heterocycles. The molecule has 0 aliphatic carbocycles. The first-order valence-electron chi connectivity index (χ1n) is 23.0. The zero-order chi connectivity index (χ0) is 47.6. The lowest BCUT2D eigenvalue weighted by molar-refractivity contribution is -0.162. The molecule has 2 atom stereocenters. The minimum Gasteiger partial charge on any atom is -0.482 e. The second-order valence-electron chi connectivity index (χ2n) is 17.4. The van der Waals surface area contributed by atoms with Gasteiger partial charge in [-0.15, -0.1) is 0 Å². The van der Waals surface area contributed by atoms with E-state index in [-0.39, 0.29) is 24.8 Å². The summed E-state index contributed by atoms with van der Waals surface area (Å²) < 4.78 is 19.4. The number of aryl methyl sites for hydroxylation is 2. The van der Waals surface area contributed by atoms with E-state index in [1.807, 2.05) is 118 Å². The largest absolute Gasteiger partial charge is 0.482 e. The molecule has 6 aromatic carbocycles. The Bertz CT molecular complexity index is 3270. The lowest BCUT2D eigenvalue weighted by Crippen LogP contribution is -2.42. The predicted octanol–water partition coefficient (Wildman–Crippen LogP) is 10.5. The first-order chi connectivity index (χ1) is 33.6. The van der Waals surface area contributed by atoms with Gasteiger partial charge in [0.05, 0.1) is 12.1 Å². The minimum atomic E-state index is -0.944. The number of hydrogen-bond donors (Lipinski definition) is 1. The number of esters is 2. The molecule has 2 amide bonds. The maximum atomic E-state index is 14.3. The topological polar surface area (TPSA) is 123 Å². The molecule has 0 saturated carbocycles. The number of carbonyl (C=O) groups is 4. The van der Waals surface area contributed by atoms with Crippen molar-refractivity contribution in [2.24, 2.45) is 0 Å². The Hall–Kier alpha value is -7.34. The number of ether oxygens (including phenoxy) is 3. The van der Waals surface area contributed by atoms with Crippen LogP contribution in [0.25, 0.3) is 21.8 Å². The first kappa shape index (κ1) is 45.4. The fourth-order valence-electron chi connectivity index (χ4n) is 10.1. The number of aromatic amines is 1. The molecule has 0 radical (unpaired) electrons. The van der Waals surface area contributed by atoms with Gasteiger partial charge in [0.15, 0.2) is 13.2 Å². The first-order valence-corrected chi connectivity index (χ1v) is 23.8. The summed E-state index contributed by atoms with van der Waals surface area (Å²) in [5, 5.41) is 2.99. The van der Waals surface area contributed by atoms with Gasteiger partial charge in [-0.3, -0.25) is 9.59 Å². The summed E-state index contributed by atoms with van der Waals surface area (Å²) in [7, 11) is 0. The maximum Gasteiger partial charge on any atom is 0.351 e. The van der Waals surface area contributed by atoms with E-state index in [9.17, 15) is 19.2 Å². The van der Waals surface area contributed by atoms with Gasteiger partial charge in [-0.2, -0.15) is 0 Å². The SMILES string of the molecule is Cc1[nH]c2ccccc2c1CCC(=O)N1CCc2ccccc2C1c1cc(Cl)ccc1OCC(=O)OC(=O)COc1ccc(Cl)cc1C1c2ccccc2CCN1C(=O)Cn1ccc2ccccc21. The van der Waals surface area contributed by atoms with Crippen molar-refractivity contribution in [3.8, 4) is 11.5 Å². The van der Waals surface area contributed by atoms with Crippen molar-refractivity contribution in [2.45, 2.75) is 51.2 Å². The van der Waals surface area contributed by atoms with E-state index in [4.69, 9.17) is 37.4 Å². The number of amides is 2. The average Bonchev–Trinajstić information content (AvgIpc) is 3.92. The van der Waals surface area contributed by atoms with Crippen LogP contribution in [-0.2, 0) is 49.7 Å². The number of nitrogens with one attached hydrogen (secondary N) is 1. The standard InChI is InChI=1S/C56H48Cl2N4O7/c1-35-41(44-15-7-8-16-47(44)59-35)20-23-51(63)61-28-25-36-10-2-5-13-42(36)55(61)45-30-39(57)18-21-49(45)67-33-53(65)69-54(66)34-68-50-22-19-40(58)31-46(50)56-43-14-6-3-11-37(43)26-29-62(56)52(64)32-60-27-24-38-12-4-9-17-48(38)60/h2-19,21-22,24,27,30-31,55-56,59H,20,23,25-26,28-29,32-34H2,1H3. The molecular weight excluding hydrogens is 912 g/mol. The fraction of sp³-hybridized carbons (Fsp3) is 0.214. The van der Waals surface area contributed by atoms with Crippen LogP contribution in [0.2, 0.25) is 10.0 Å². The van der Waals surface area contributed by atoms with Gasteiger partial charge in [0.25, 0.3) is 0 Å². The molecule has 2 aromatic heterocycles. The highest BCUT2D eigenvalue weighted by Gasteiger charge is 2.36. The second kappa shape index (κ2) is 19.7. The molecule has 69 heavy (non-hydrogen) atoms. The van der Waals surface area contributed by atoms with Crippen LogP contribution in [0, 0.1) is 6.92 Å². The van der Waals surface area contributed by atoms with Crippen LogP contribution < -0.4 is 9.47 Å². The van der Waals surface area contributed by atoms with E-state index in [1.54, 1.807) is 36.4 Å². The molecule has 2 aliphatic rings. The van der Waals surface area contributed by atoms with Gasteiger partial charge in [0.1, 0.15) is 18.0 Å². The molecule has 2 aliphatic heterocycles. The lowest BCUT2D eigenvalue weighted by atomic mass is 9.87. The Morgan fingerprint density at radius 2 is 1.17 bits per heavy atom. The molecule has 0 bridgehead atoms. The van der Waals surface area contributed by atoms with Gasteiger partial charge < -0.3 is 33.6 Å². The number of H-pyrrole nitrogens is 1. The van der Waals surface area contributed by atoms with Gasteiger partial charge >= 0.3 is 11.9 Å². The zero-order valence-electron chi connectivity index (χ0n) is 37.8. The number of carbonyl (C=O) groups excluding carboxylic acids is 4. The van der Waals surface area contributed by atoms with E-state index < -0.39 is 37.2 Å². The molecule has 0 fully saturated rings. The summed E-state index contributed by atoms with van der Waals surface area (Å²) in [6.45, 7) is 1.84. The van der Waals surface area contributed by atoms with Gasteiger partial charge in [0.2, 0.25) is 11.8 Å². The molecule has 8 aromatic rings. The fourth-order valence-corrected chi connectivity index (χ4v) is 10.4. The molecule has 11 nitrogen and oxygen atoms in total. The monoisotopic (exact) mass is 958 g/mol. The van der Waals surface area contributed by atoms with Gasteiger partial charge in [-0.25, -0.2) is 9.59 Å². The zero-order valence-corrected chi connectivity index (χ0v) is 39.3. The third kappa shape index (κ3) is 9.44. The molecule has 348 valence electrons. The van der Waals surface area contributed by atoms with Crippen LogP contribution in [0.1, 0.15) is 63.1 Å². The summed E-state index contributed by atoms with van der Waals surface area (Å²) in [6.07, 6.45) is 4.08. The smallest absolute Gasteiger partial charge is 0.351 e. The number of fused-ring (bicyclic) bond motifs is 4. The average molecular weight is 960 g/mol. The van der Waals surface area contributed by atoms with Crippen LogP contribution in [0.4, 0.5) is 0 Å². The van der Waals surface area contributed by atoms with Crippen molar-refractivity contribution >= 4 is 68.8 Å². The Balaban J connectivity index is 0.834. The Morgan fingerprint density at radius 1 is 0.623 bits per heavy atom. The molecule has 1 N–H and O–H groups in total. The Kier molecular flexibility index (Phi) is 13.0. The molecular formula is C56H48Cl2N4O7. The Morgan fingerprint density at radius 3 is 1.81 bits per heavy atom. The third-order valence-electron chi connectivity index (χ3n) is 13.3. The van der Waals surface area contributed by atoms with E-state index in [0.29, 0.717) is 65.0 Å². The van der Waals surface area contributed by atoms with E-state index in [1.165, 1.54) is 0 Å². The quantitative estimate of drug-likeness (QED) is 0.0902. The van der Waals surface area contributed by atoms with Crippen molar-refractivity contribution in [3.63, 3.8) is 0 Å². The highest BCUT2D eigenvalue weighted by atomic mass is 35.5. The summed E-state index contributed by atoms with van der Waals surface area (Å²) in [5.74, 6) is -1.39. The van der Waals surface area contributed by atoms with Crippen LogP contribution in [-0.4, -0.2) is 69.4 Å². The van der Waals surface area contributed by atoms with E-state index in [0.717, 1.165) is 55.3 Å². The highest BCUT2D eigenvalue weighted by Crippen LogP contribution is 2.43. The molecule has 2 unspecified atom stereocenters. The second-order valence-corrected chi connectivity index (χ2v) is 18.3. The van der Waals surface area contributed by atoms with Crippen molar-refractivity contribution < 1.29 is 33.4 Å².